The van der Waals surface area contributed by atoms with E-state index in [-0.39, 0.29) is 29.1 Å². The highest BCUT2D eigenvalue weighted by molar-refractivity contribution is 7.89. The number of nitrogens with one attached hydrogen (secondary N) is 1. The zero-order valence-electron chi connectivity index (χ0n) is 19.9. The molecule has 0 radical (unpaired) electrons. The topological polar surface area (TPSA) is 107 Å². The fourth-order valence-electron chi connectivity index (χ4n) is 4.62. The van der Waals surface area contributed by atoms with Gasteiger partial charge in [-0.1, -0.05) is 42.5 Å². The SMILES string of the molecule is CN(CC(O)CNC(C)(C)CC1Cc2ccccc2C1)S(=O)(=O)c1ccccc1/C=C/C(=O)O. The monoisotopic (exact) mass is 486 g/mol. The summed E-state index contributed by atoms with van der Waals surface area (Å²) in [6.07, 6.45) is 4.32. The number of likely N-dealkylation sites (N-methyl/N-ethyl adjacent to an activating group) is 1. The first kappa shape index (κ1) is 26.1. The molecule has 8 heteroatoms. The van der Waals surface area contributed by atoms with Crippen molar-refractivity contribution < 1.29 is 23.4 Å². The minimum atomic E-state index is -3.91. The second kappa shape index (κ2) is 10.8. The van der Waals surface area contributed by atoms with Gasteiger partial charge >= 0.3 is 5.97 Å². The first-order valence-corrected chi connectivity index (χ1v) is 12.9. The maximum Gasteiger partial charge on any atom is 0.328 e. The molecular weight excluding hydrogens is 452 g/mol. The van der Waals surface area contributed by atoms with Crippen LogP contribution in [0.15, 0.2) is 59.5 Å². The number of β-amino-alcohol motifs (C(OH)–C–C–N with tert-alkyl or cyclic N) is 1. The molecule has 0 aliphatic heterocycles. The summed E-state index contributed by atoms with van der Waals surface area (Å²) in [5, 5.41) is 22.9. The number of carbonyl (C=O) groups is 1. The lowest BCUT2D eigenvalue weighted by atomic mass is 9.88. The van der Waals surface area contributed by atoms with Crippen LogP contribution in [0.1, 0.15) is 37.0 Å². The maximum atomic E-state index is 13.1. The lowest BCUT2D eigenvalue weighted by Crippen LogP contribution is -2.47. The van der Waals surface area contributed by atoms with E-state index in [4.69, 9.17) is 5.11 Å². The van der Waals surface area contributed by atoms with Crippen molar-refractivity contribution >= 4 is 22.1 Å². The zero-order chi connectivity index (χ0) is 24.9. The van der Waals surface area contributed by atoms with Crippen LogP contribution in [0.3, 0.4) is 0 Å². The lowest BCUT2D eigenvalue weighted by Gasteiger charge is -2.31. The smallest absolute Gasteiger partial charge is 0.328 e. The Morgan fingerprint density at radius 3 is 2.35 bits per heavy atom. The van der Waals surface area contributed by atoms with Crippen molar-refractivity contribution in [2.75, 3.05) is 20.1 Å². The number of fused-ring (bicyclic) bond motifs is 1. The highest BCUT2D eigenvalue weighted by Crippen LogP contribution is 2.32. The average molecular weight is 487 g/mol. The molecule has 0 heterocycles. The van der Waals surface area contributed by atoms with Gasteiger partial charge in [-0.3, -0.25) is 0 Å². The van der Waals surface area contributed by atoms with E-state index in [0.29, 0.717) is 5.92 Å². The second-order valence-corrected chi connectivity index (χ2v) is 11.7. The van der Waals surface area contributed by atoms with Gasteiger partial charge in [-0.15, -0.1) is 0 Å². The number of nitrogens with zero attached hydrogens (tertiary/aromatic N) is 1. The molecule has 0 bridgehead atoms. The van der Waals surface area contributed by atoms with Gasteiger partial charge in [0, 0.05) is 31.8 Å². The summed E-state index contributed by atoms with van der Waals surface area (Å²) in [5.41, 5.74) is 2.89. The molecule has 184 valence electrons. The Hall–Kier alpha value is -2.52. The highest BCUT2D eigenvalue weighted by atomic mass is 32.2. The van der Waals surface area contributed by atoms with Gasteiger partial charge in [0.05, 0.1) is 11.0 Å². The quantitative estimate of drug-likeness (QED) is 0.422. The molecule has 0 aromatic heterocycles. The van der Waals surface area contributed by atoms with E-state index in [1.807, 2.05) is 0 Å². The molecule has 1 unspecified atom stereocenters. The largest absolute Gasteiger partial charge is 0.478 e. The summed E-state index contributed by atoms with van der Waals surface area (Å²) in [6.45, 7) is 4.38. The fourth-order valence-corrected chi connectivity index (χ4v) is 6.01. The number of aliphatic hydroxyl groups is 1. The number of hydrogen-bond acceptors (Lipinski definition) is 5. The summed E-state index contributed by atoms with van der Waals surface area (Å²) in [6, 6.07) is 14.7. The third kappa shape index (κ3) is 6.76. The molecule has 2 aromatic carbocycles. The summed E-state index contributed by atoms with van der Waals surface area (Å²) in [5.74, 6) is -0.624. The van der Waals surface area contributed by atoms with Crippen LogP contribution in [0.2, 0.25) is 0 Å². The molecule has 34 heavy (non-hydrogen) atoms. The number of sulfonamides is 1. The van der Waals surface area contributed by atoms with E-state index >= 15 is 0 Å². The van der Waals surface area contributed by atoms with E-state index in [0.717, 1.165) is 29.6 Å². The Kier molecular flexibility index (Phi) is 8.30. The van der Waals surface area contributed by atoms with Gasteiger partial charge in [0.15, 0.2) is 0 Å². The van der Waals surface area contributed by atoms with Gasteiger partial charge in [0.2, 0.25) is 10.0 Å². The van der Waals surface area contributed by atoms with Crippen molar-refractivity contribution in [3.05, 3.63) is 71.3 Å². The van der Waals surface area contributed by atoms with Crippen LogP contribution in [-0.4, -0.2) is 60.7 Å². The molecule has 0 amide bonds. The molecular formula is C26H34N2O5S. The third-order valence-corrected chi connectivity index (χ3v) is 8.13. The number of benzene rings is 2. The van der Waals surface area contributed by atoms with Gasteiger partial charge in [-0.2, -0.15) is 4.31 Å². The number of aliphatic hydroxyl groups excluding tert-OH is 1. The van der Waals surface area contributed by atoms with Crippen molar-refractivity contribution in [2.24, 2.45) is 5.92 Å². The first-order valence-electron chi connectivity index (χ1n) is 11.4. The predicted molar refractivity (Wildman–Crippen MR) is 133 cm³/mol. The molecule has 0 fully saturated rings. The Labute approximate surface area is 202 Å². The van der Waals surface area contributed by atoms with Crippen LogP contribution >= 0.6 is 0 Å². The fraction of sp³-hybridized carbons (Fsp3) is 0.423. The summed E-state index contributed by atoms with van der Waals surface area (Å²) in [7, 11) is -2.50. The maximum absolute atomic E-state index is 13.1. The number of carboxylic acid groups (broad SMARTS) is 1. The molecule has 3 rings (SSSR count). The molecule has 0 saturated heterocycles. The van der Waals surface area contributed by atoms with E-state index in [1.165, 1.54) is 30.3 Å². The van der Waals surface area contributed by atoms with Crippen molar-refractivity contribution in [3.8, 4) is 0 Å². The molecule has 1 aliphatic rings. The Morgan fingerprint density at radius 1 is 1.15 bits per heavy atom. The van der Waals surface area contributed by atoms with E-state index < -0.39 is 22.1 Å². The van der Waals surface area contributed by atoms with Crippen LogP contribution in [0.5, 0.6) is 0 Å². The molecule has 3 N–H and O–H groups in total. The van der Waals surface area contributed by atoms with Gasteiger partial charge in [0.1, 0.15) is 0 Å². The van der Waals surface area contributed by atoms with E-state index in [9.17, 15) is 18.3 Å². The Balaban J connectivity index is 1.56. The van der Waals surface area contributed by atoms with Crippen LogP contribution < -0.4 is 5.32 Å². The minimum absolute atomic E-state index is 0.00344. The molecule has 2 aromatic rings. The standard InChI is InChI=1S/C26H34N2O5S/c1-26(2,16-19-14-21-9-4-5-10-22(21)15-19)27-17-23(29)18-28(3)34(32,33)24-11-7-6-8-20(24)12-13-25(30)31/h4-13,19,23,27,29H,14-18H2,1-3H3,(H,30,31)/b13-12+. The molecule has 7 nitrogen and oxygen atoms in total. The third-order valence-electron chi connectivity index (χ3n) is 6.23. The van der Waals surface area contributed by atoms with Crippen molar-refractivity contribution in [1.29, 1.82) is 0 Å². The zero-order valence-corrected chi connectivity index (χ0v) is 20.8. The van der Waals surface area contributed by atoms with Gasteiger partial charge in [-0.05, 0) is 67.9 Å². The Morgan fingerprint density at radius 2 is 1.74 bits per heavy atom. The second-order valence-electron chi connectivity index (χ2n) is 9.66. The average Bonchev–Trinajstić information content (AvgIpc) is 3.18. The lowest BCUT2D eigenvalue weighted by molar-refractivity contribution is -0.131. The summed E-state index contributed by atoms with van der Waals surface area (Å²) < 4.78 is 27.3. The number of rotatable bonds is 11. The van der Waals surface area contributed by atoms with Crippen molar-refractivity contribution in [1.82, 2.24) is 9.62 Å². The van der Waals surface area contributed by atoms with Gasteiger partial charge in [-0.25, -0.2) is 13.2 Å². The van der Waals surface area contributed by atoms with Crippen LogP contribution in [0, 0.1) is 5.92 Å². The van der Waals surface area contributed by atoms with Crippen LogP contribution in [0.25, 0.3) is 6.08 Å². The minimum Gasteiger partial charge on any atom is -0.478 e. The van der Waals surface area contributed by atoms with E-state index in [1.54, 1.807) is 18.2 Å². The summed E-state index contributed by atoms with van der Waals surface area (Å²) in [4.78, 5) is 10.8. The highest BCUT2D eigenvalue weighted by Gasteiger charge is 2.29. The van der Waals surface area contributed by atoms with Crippen LogP contribution in [-0.2, 0) is 27.7 Å². The predicted octanol–water partition coefficient (Wildman–Crippen LogP) is 2.94. The van der Waals surface area contributed by atoms with Gasteiger partial charge in [0.25, 0.3) is 0 Å². The molecule has 1 aliphatic carbocycles. The number of hydrogen-bond donors (Lipinski definition) is 3. The Bertz CT molecular complexity index is 1120. The normalized spacial score (nSPS) is 15.7. The molecule has 0 spiro atoms. The van der Waals surface area contributed by atoms with E-state index in [2.05, 4.69) is 43.4 Å². The van der Waals surface area contributed by atoms with Crippen LogP contribution in [0.4, 0.5) is 0 Å². The first-order chi connectivity index (χ1) is 16.0. The number of carboxylic acids is 1. The molecule has 0 saturated carbocycles. The molecule has 1 atom stereocenters. The summed E-state index contributed by atoms with van der Waals surface area (Å²) >= 11 is 0. The number of aliphatic carboxylic acids is 1. The van der Waals surface area contributed by atoms with Crippen molar-refractivity contribution in [2.45, 2.75) is 49.6 Å². The van der Waals surface area contributed by atoms with Crippen molar-refractivity contribution in [3.63, 3.8) is 0 Å². The van der Waals surface area contributed by atoms with Gasteiger partial charge < -0.3 is 15.5 Å².